The predicted molar refractivity (Wildman–Crippen MR) is 57.0 cm³/mol. The maximum atomic E-state index is 12.5. The molecule has 0 aromatic carbocycles. The van der Waals surface area contributed by atoms with E-state index in [4.69, 9.17) is 0 Å². The fourth-order valence-corrected chi connectivity index (χ4v) is 2.34. The number of carbonyl (C=O) groups is 1. The van der Waals surface area contributed by atoms with E-state index in [1.54, 1.807) is 12.1 Å². The van der Waals surface area contributed by atoms with E-state index in [1.807, 2.05) is 0 Å². The highest BCUT2D eigenvalue weighted by molar-refractivity contribution is 7.17. The van der Waals surface area contributed by atoms with Gasteiger partial charge < -0.3 is 0 Å². The number of rotatable bonds is 2. The number of alkyl halides is 3. The summed E-state index contributed by atoms with van der Waals surface area (Å²) >= 11 is 1.12. The van der Waals surface area contributed by atoms with E-state index in [0.29, 0.717) is 21.7 Å². The van der Waals surface area contributed by atoms with Crippen LogP contribution in [0.5, 0.6) is 0 Å². The zero-order valence-corrected chi connectivity index (χ0v) is 9.45. The lowest BCUT2D eigenvalue weighted by Crippen LogP contribution is -2.07. The van der Waals surface area contributed by atoms with Crippen molar-refractivity contribution in [3.63, 3.8) is 0 Å². The number of nitrogens with one attached hydrogen (secondary N) is 1. The highest BCUT2D eigenvalue weighted by Crippen LogP contribution is 2.36. The van der Waals surface area contributed by atoms with Crippen molar-refractivity contribution in [2.75, 3.05) is 0 Å². The van der Waals surface area contributed by atoms with Crippen LogP contribution in [0.4, 0.5) is 13.2 Å². The van der Waals surface area contributed by atoms with Crippen LogP contribution in [0.3, 0.4) is 0 Å². The molecular weight excluding hydrogens is 253 g/mol. The summed E-state index contributed by atoms with van der Waals surface area (Å²) in [6.45, 7) is 1.35. The third kappa shape index (κ3) is 2.10. The van der Waals surface area contributed by atoms with Gasteiger partial charge >= 0.3 is 6.18 Å². The van der Waals surface area contributed by atoms with Crippen molar-refractivity contribution in [2.45, 2.75) is 13.1 Å². The van der Waals surface area contributed by atoms with Gasteiger partial charge in [0.2, 0.25) is 0 Å². The lowest BCUT2D eigenvalue weighted by molar-refractivity contribution is -0.141. The monoisotopic (exact) mass is 260 g/mol. The molecule has 0 amide bonds. The Morgan fingerprint density at radius 1 is 1.41 bits per heavy atom. The molecule has 0 atom stereocenters. The van der Waals surface area contributed by atoms with E-state index in [2.05, 4.69) is 10.2 Å². The molecule has 7 heteroatoms. The molecule has 0 bridgehead atoms. The van der Waals surface area contributed by atoms with Gasteiger partial charge in [0.25, 0.3) is 0 Å². The van der Waals surface area contributed by atoms with Crippen molar-refractivity contribution in [2.24, 2.45) is 0 Å². The second-order valence-corrected chi connectivity index (χ2v) is 4.51. The number of halogens is 3. The minimum atomic E-state index is -4.47. The number of aromatic nitrogens is 2. The molecule has 2 heterocycles. The van der Waals surface area contributed by atoms with Gasteiger partial charge in [-0.15, -0.1) is 11.3 Å². The fraction of sp³-hybridized carbons (Fsp3) is 0.200. The molecule has 90 valence electrons. The Balaban J connectivity index is 2.47. The summed E-state index contributed by atoms with van der Waals surface area (Å²) < 4.78 is 37.5. The number of nitrogens with zero attached hydrogens (tertiary/aromatic N) is 1. The van der Waals surface area contributed by atoms with Gasteiger partial charge in [0, 0.05) is 5.56 Å². The maximum absolute atomic E-state index is 12.5. The van der Waals surface area contributed by atoms with Gasteiger partial charge in [-0.05, 0) is 19.1 Å². The third-order valence-electron chi connectivity index (χ3n) is 2.27. The quantitative estimate of drug-likeness (QED) is 0.842. The molecular formula is C10H7F3N2OS. The average molecular weight is 260 g/mol. The van der Waals surface area contributed by atoms with Crippen LogP contribution < -0.4 is 0 Å². The van der Waals surface area contributed by atoms with Crippen molar-refractivity contribution in [1.29, 1.82) is 0 Å². The molecule has 0 aliphatic carbocycles. The Morgan fingerprint density at radius 2 is 2.12 bits per heavy atom. The Labute approximate surface area is 98.3 Å². The Hall–Kier alpha value is -1.63. The summed E-state index contributed by atoms with van der Waals surface area (Å²) in [7, 11) is 0. The smallest absolute Gasteiger partial charge is 0.297 e. The predicted octanol–water partition coefficient (Wildman–Crippen LogP) is 3.28. The van der Waals surface area contributed by atoms with Crippen LogP contribution in [-0.2, 0) is 6.18 Å². The molecule has 17 heavy (non-hydrogen) atoms. The van der Waals surface area contributed by atoms with Gasteiger partial charge in [-0.3, -0.25) is 9.89 Å². The summed E-state index contributed by atoms with van der Waals surface area (Å²) in [5.74, 6) is 0. The van der Waals surface area contributed by atoms with Crippen molar-refractivity contribution in [3.05, 3.63) is 28.3 Å². The van der Waals surface area contributed by atoms with Gasteiger partial charge in [-0.25, -0.2) is 0 Å². The van der Waals surface area contributed by atoms with Gasteiger partial charge in [0.05, 0.1) is 15.4 Å². The summed E-state index contributed by atoms with van der Waals surface area (Å²) in [5, 5.41) is 5.63. The third-order valence-corrected chi connectivity index (χ3v) is 3.30. The molecule has 2 aromatic heterocycles. The molecule has 2 aromatic rings. The first-order chi connectivity index (χ1) is 7.93. The van der Waals surface area contributed by atoms with Crippen LogP contribution in [0, 0.1) is 6.92 Å². The number of aromatic amines is 1. The van der Waals surface area contributed by atoms with Crippen molar-refractivity contribution in [1.82, 2.24) is 10.2 Å². The largest absolute Gasteiger partial charge is 0.435 e. The summed E-state index contributed by atoms with van der Waals surface area (Å²) in [6.07, 6.45) is -3.81. The molecule has 0 spiro atoms. The number of H-pyrrole nitrogens is 1. The fourth-order valence-electron chi connectivity index (χ4n) is 1.46. The van der Waals surface area contributed by atoms with E-state index in [0.717, 1.165) is 11.3 Å². The lowest BCUT2D eigenvalue weighted by atomic mass is 10.2. The van der Waals surface area contributed by atoms with E-state index in [1.165, 1.54) is 6.92 Å². The highest BCUT2D eigenvalue weighted by atomic mass is 32.1. The lowest BCUT2D eigenvalue weighted by Gasteiger charge is -2.02. The molecule has 2 rings (SSSR count). The second kappa shape index (κ2) is 3.99. The Morgan fingerprint density at radius 3 is 2.59 bits per heavy atom. The summed E-state index contributed by atoms with van der Waals surface area (Å²) in [4.78, 5) is 11.5. The first kappa shape index (κ1) is 11.8. The zero-order chi connectivity index (χ0) is 12.6. The van der Waals surface area contributed by atoms with Crippen molar-refractivity contribution < 1.29 is 18.0 Å². The molecule has 0 fully saturated rings. The molecule has 0 aliphatic heterocycles. The van der Waals surface area contributed by atoms with E-state index < -0.39 is 11.9 Å². The van der Waals surface area contributed by atoms with Crippen molar-refractivity contribution >= 4 is 17.6 Å². The SMILES string of the molecule is Cc1c(C(F)(F)F)n[nH]c1-c1ccc(C=O)s1. The molecule has 0 aliphatic rings. The standard InChI is InChI=1S/C10H7F3N2OS/c1-5-8(7-3-2-6(4-16)17-7)14-15-9(5)10(11,12)13/h2-4H,1H3,(H,14,15). The number of thiophene rings is 1. The Bertz CT molecular complexity index is 556. The first-order valence-corrected chi connectivity index (χ1v) is 5.42. The van der Waals surface area contributed by atoms with Crippen LogP contribution >= 0.6 is 11.3 Å². The summed E-state index contributed by atoms with van der Waals surface area (Å²) in [5.41, 5.74) is -0.583. The molecule has 0 unspecified atom stereocenters. The van der Waals surface area contributed by atoms with E-state index in [9.17, 15) is 18.0 Å². The topological polar surface area (TPSA) is 45.8 Å². The number of hydrogen-bond donors (Lipinski definition) is 1. The van der Waals surface area contributed by atoms with Gasteiger partial charge in [-0.1, -0.05) is 0 Å². The minimum absolute atomic E-state index is 0.0387. The highest BCUT2D eigenvalue weighted by Gasteiger charge is 2.36. The normalized spacial score (nSPS) is 11.8. The zero-order valence-electron chi connectivity index (χ0n) is 8.63. The molecule has 1 N–H and O–H groups in total. The van der Waals surface area contributed by atoms with E-state index in [-0.39, 0.29) is 5.56 Å². The molecule has 0 saturated carbocycles. The summed E-state index contributed by atoms with van der Waals surface area (Å²) in [6, 6.07) is 3.15. The number of carbonyl (C=O) groups excluding carboxylic acids is 1. The van der Waals surface area contributed by atoms with Crippen LogP contribution in [0.2, 0.25) is 0 Å². The van der Waals surface area contributed by atoms with Gasteiger partial charge in [0.15, 0.2) is 12.0 Å². The first-order valence-electron chi connectivity index (χ1n) is 4.61. The van der Waals surface area contributed by atoms with Crippen LogP contribution in [0.1, 0.15) is 20.9 Å². The second-order valence-electron chi connectivity index (χ2n) is 3.39. The number of aldehydes is 1. The van der Waals surface area contributed by atoms with E-state index >= 15 is 0 Å². The molecule has 0 saturated heterocycles. The Kier molecular flexibility index (Phi) is 2.78. The molecule has 3 nitrogen and oxygen atoms in total. The number of hydrogen-bond acceptors (Lipinski definition) is 3. The van der Waals surface area contributed by atoms with Crippen molar-refractivity contribution in [3.8, 4) is 10.6 Å². The van der Waals surface area contributed by atoms with Crippen LogP contribution in [-0.4, -0.2) is 16.5 Å². The maximum Gasteiger partial charge on any atom is 0.435 e. The molecule has 0 radical (unpaired) electrons. The van der Waals surface area contributed by atoms with Crippen LogP contribution in [0.15, 0.2) is 12.1 Å². The minimum Gasteiger partial charge on any atom is -0.297 e. The van der Waals surface area contributed by atoms with Crippen LogP contribution in [0.25, 0.3) is 10.6 Å². The van der Waals surface area contributed by atoms with Gasteiger partial charge in [0.1, 0.15) is 0 Å². The van der Waals surface area contributed by atoms with Gasteiger partial charge in [-0.2, -0.15) is 18.3 Å². The average Bonchev–Trinajstić information content (AvgIpc) is 2.82.